The highest BCUT2D eigenvalue weighted by Gasteiger charge is 2.14. The van der Waals surface area contributed by atoms with Gasteiger partial charge in [-0.05, 0) is 80.4 Å². The first kappa shape index (κ1) is 31.3. The van der Waals surface area contributed by atoms with E-state index in [1.165, 1.54) is 12.1 Å². The van der Waals surface area contributed by atoms with Gasteiger partial charge in [0, 0.05) is 17.9 Å². The molecule has 0 unspecified atom stereocenters. The van der Waals surface area contributed by atoms with Gasteiger partial charge in [0.15, 0.2) is 23.1 Å². The van der Waals surface area contributed by atoms with E-state index >= 15 is 0 Å². The molecule has 6 N–H and O–H groups in total. The Labute approximate surface area is 260 Å². The molecule has 0 aromatic heterocycles. The highest BCUT2D eigenvalue weighted by atomic mass is 79.9. The van der Waals surface area contributed by atoms with Crippen molar-refractivity contribution in [3.05, 3.63) is 102 Å². The number of amides is 4. The molecule has 0 atom stereocenters. The lowest BCUT2D eigenvalue weighted by molar-refractivity contribution is 0.261. The zero-order valence-electron chi connectivity index (χ0n) is 19.9. The molecule has 40 heavy (non-hydrogen) atoms. The van der Waals surface area contributed by atoms with Crippen LogP contribution in [0.5, 0.6) is 11.5 Å². The lowest BCUT2D eigenvalue weighted by Crippen LogP contribution is -2.19. The van der Waals surface area contributed by atoms with Crippen LogP contribution in [0, 0.1) is 11.6 Å². The summed E-state index contributed by atoms with van der Waals surface area (Å²) in [6.07, 6.45) is 0. The average Bonchev–Trinajstić information content (AvgIpc) is 2.88. The van der Waals surface area contributed by atoms with Crippen molar-refractivity contribution in [3.63, 3.8) is 0 Å². The van der Waals surface area contributed by atoms with Gasteiger partial charge in [-0.15, -0.1) is 0 Å². The normalized spacial score (nSPS) is 10.2. The van der Waals surface area contributed by atoms with Crippen LogP contribution >= 0.6 is 63.7 Å². The fourth-order valence-electron chi connectivity index (χ4n) is 3.00. The number of anilines is 4. The number of benzene rings is 4. The van der Waals surface area contributed by atoms with Gasteiger partial charge in [0.1, 0.15) is 0 Å². The van der Waals surface area contributed by atoms with Gasteiger partial charge in [0.05, 0.1) is 22.7 Å². The topological polar surface area (TPSA) is 123 Å². The predicted molar refractivity (Wildman–Crippen MR) is 165 cm³/mol. The Balaban J connectivity index is 0.000000220. The molecule has 0 aliphatic heterocycles. The zero-order chi connectivity index (χ0) is 29.4. The van der Waals surface area contributed by atoms with Crippen molar-refractivity contribution in [1.82, 2.24) is 0 Å². The maximum Gasteiger partial charge on any atom is 0.323 e. The molecular formula is C26H18Br4F2N4O4. The van der Waals surface area contributed by atoms with E-state index in [9.17, 15) is 28.6 Å². The molecule has 0 saturated carbocycles. The number of nitrogens with one attached hydrogen (secondary N) is 4. The van der Waals surface area contributed by atoms with Gasteiger partial charge in [-0.25, -0.2) is 18.4 Å². The van der Waals surface area contributed by atoms with Crippen LogP contribution in [0.1, 0.15) is 0 Å². The standard InChI is InChI=1S/2C13H9Br2FN2O2/c2*14-7-5-9(16)12(19)11(6-7)18-13(20)17-10-4-2-1-3-8(10)15/h2*1-6,19H,(H2,17,18,20). The number of hydrogen-bond donors (Lipinski definition) is 6. The van der Waals surface area contributed by atoms with Gasteiger partial charge >= 0.3 is 12.1 Å². The van der Waals surface area contributed by atoms with Crippen molar-refractivity contribution < 1.29 is 28.6 Å². The lowest BCUT2D eigenvalue weighted by atomic mass is 10.3. The lowest BCUT2D eigenvalue weighted by Gasteiger charge is -2.11. The molecule has 0 bridgehead atoms. The summed E-state index contributed by atoms with van der Waals surface area (Å²) in [6.45, 7) is 0. The van der Waals surface area contributed by atoms with Crippen LogP contribution in [0.3, 0.4) is 0 Å². The largest absolute Gasteiger partial charge is 0.503 e. The monoisotopic (exact) mass is 804 g/mol. The van der Waals surface area contributed by atoms with Gasteiger partial charge in [-0.1, -0.05) is 56.1 Å². The summed E-state index contributed by atoms with van der Waals surface area (Å²) < 4.78 is 28.9. The first-order chi connectivity index (χ1) is 18.9. The van der Waals surface area contributed by atoms with E-state index in [1.54, 1.807) is 36.4 Å². The summed E-state index contributed by atoms with van der Waals surface area (Å²) in [5.74, 6) is -2.88. The summed E-state index contributed by atoms with van der Waals surface area (Å²) in [5, 5.41) is 29.0. The molecule has 0 heterocycles. The molecule has 4 amide bonds. The smallest absolute Gasteiger partial charge is 0.323 e. The van der Waals surface area contributed by atoms with Crippen molar-refractivity contribution in [2.45, 2.75) is 0 Å². The van der Waals surface area contributed by atoms with E-state index in [1.807, 2.05) is 12.1 Å². The number of phenolic OH excluding ortho intramolecular Hbond substituents is 2. The number of aromatic hydroxyl groups is 2. The van der Waals surface area contributed by atoms with Crippen molar-refractivity contribution in [3.8, 4) is 11.5 Å². The second-order valence-corrected chi connectivity index (χ2v) is 11.2. The quantitative estimate of drug-likeness (QED) is 0.115. The third kappa shape index (κ3) is 8.91. The summed E-state index contributed by atoms with van der Waals surface area (Å²) >= 11 is 12.7. The highest BCUT2D eigenvalue weighted by Crippen LogP contribution is 2.32. The van der Waals surface area contributed by atoms with E-state index in [-0.39, 0.29) is 11.4 Å². The van der Waals surface area contributed by atoms with Crippen molar-refractivity contribution in [1.29, 1.82) is 0 Å². The maximum atomic E-state index is 13.3. The first-order valence-electron chi connectivity index (χ1n) is 11.0. The van der Waals surface area contributed by atoms with Gasteiger partial charge in [-0.3, -0.25) is 0 Å². The van der Waals surface area contributed by atoms with Gasteiger partial charge in [-0.2, -0.15) is 0 Å². The van der Waals surface area contributed by atoms with Crippen LogP contribution in [-0.4, -0.2) is 22.3 Å². The summed E-state index contributed by atoms with van der Waals surface area (Å²) in [7, 11) is 0. The number of hydrogen-bond acceptors (Lipinski definition) is 4. The van der Waals surface area contributed by atoms with Crippen molar-refractivity contribution >= 4 is 98.5 Å². The van der Waals surface area contributed by atoms with Crippen LogP contribution in [0.2, 0.25) is 0 Å². The molecule has 4 aromatic rings. The second-order valence-electron chi connectivity index (χ2n) is 7.69. The molecule has 4 aromatic carbocycles. The van der Waals surface area contributed by atoms with E-state index in [2.05, 4.69) is 85.0 Å². The summed E-state index contributed by atoms with van der Waals surface area (Å²) in [6, 6.07) is 17.9. The van der Waals surface area contributed by atoms with Crippen LogP contribution in [0.25, 0.3) is 0 Å². The maximum absolute atomic E-state index is 13.3. The van der Waals surface area contributed by atoms with Crippen molar-refractivity contribution in [2.24, 2.45) is 0 Å². The van der Waals surface area contributed by atoms with Crippen LogP contribution in [-0.2, 0) is 0 Å². The molecular weight excluding hydrogens is 790 g/mol. The number of urea groups is 2. The number of carbonyl (C=O) groups is 2. The Morgan fingerprint density at radius 3 is 1.23 bits per heavy atom. The van der Waals surface area contributed by atoms with Gasteiger partial charge in [0.2, 0.25) is 0 Å². The Kier molecular flexibility index (Phi) is 11.3. The molecule has 0 fully saturated rings. The highest BCUT2D eigenvalue weighted by molar-refractivity contribution is 9.11. The molecule has 0 spiro atoms. The first-order valence-corrected chi connectivity index (χ1v) is 14.1. The average molecular weight is 808 g/mol. The van der Waals surface area contributed by atoms with E-state index in [0.29, 0.717) is 29.3 Å². The predicted octanol–water partition coefficient (Wildman–Crippen LogP) is 9.40. The van der Waals surface area contributed by atoms with E-state index in [0.717, 1.165) is 12.1 Å². The molecule has 0 radical (unpaired) electrons. The Morgan fingerprint density at radius 1 is 0.550 bits per heavy atom. The van der Waals surface area contributed by atoms with E-state index in [4.69, 9.17) is 0 Å². The minimum absolute atomic E-state index is 0.0265. The minimum atomic E-state index is -0.824. The van der Waals surface area contributed by atoms with Crippen molar-refractivity contribution in [2.75, 3.05) is 21.3 Å². The fourth-order valence-corrected chi connectivity index (χ4v) is 4.63. The Bertz CT molecular complexity index is 1440. The number of carbonyl (C=O) groups excluding carboxylic acids is 2. The third-order valence-electron chi connectivity index (χ3n) is 4.80. The number of para-hydroxylation sites is 2. The van der Waals surface area contributed by atoms with Crippen LogP contribution < -0.4 is 21.3 Å². The summed E-state index contributed by atoms with van der Waals surface area (Å²) in [5.41, 5.74) is 1.06. The number of rotatable bonds is 4. The Morgan fingerprint density at radius 2 is 0.875 bits per heavy atom. The number of phenols is 2. The molecule has 0 aliphatic carbocycles. The molecule has 8 nitrogen and oxygen atoms in total. The molecule has 0 aliphatic rings. The molecule has 4 rings (SSSR count). The fraction of sp³-hybridized carbons (Fsp3) is 0. The van der Waals surface area contributed by atoms with Gasteiger partial charge < -0.3 is 31.5 Å². The van der Waals surface area contributed by atoms with Crippen LogP contribution in [0.4, 0.5) is 41.1 Å². The van der Waals surface area contributed by atoms with E-state index < -0.39 is 35.2 Å². The molecule has 14 heteroatoms. The van der Waals surface area contributed by atoms with Gasteiger partial charge in [0.25, 0.3) is 0 Å². The summed E-state index contributed by atoms with van der Waals surface area (Å²) in [4.78, 5) is 23.6. The molecule has 208 valence electrons. The second kappa shape index (κ2) is 14.4. The Hall–Kier alpha value is -3.20. The SMILES string of the molecule is O=C(Nc1ccccc1Br)Nc1cc(Br)cc(F)c1O.O=C(Nc1ccccc1Br)Nc1cc(Br)cc(F)c1O. The zero-order valence-corrected chi connectivity index (χ0v) is 26.3. The molecule has 0 saturated heterocycles. The minimum Gasteiger partial charge on any atom is -0.503 e. The number of halogens is 6. The van der Waals surface area contributed by atoms with Crippen LogP contribution in [0.15, 0.2) is 90.7 Å². The third-order valence-corrected chi connectivity index (χ3v) is 7.10.